The first-order valence-corrected chi connectivity index (χ1v) is 40.9. The lowest BCUT2D eigenvalue weighted by molar-refractivity contribution is 0.737. The molecule has 0 fully saturated rings. The molecule has 0 saturated carbocycles. The fourth-order valence-electron chi connectivity index (χ4n) is 13.7. The van der Waals surface area contributed by atoms with Crippen LogP contribution in [0.4, 0.5) is 0 Å². The zero-order valence-electron chi connectivity index (χ0n) is 72.5. The van der Waals surface area contributed by atoms with E-state index in [0.717, 1.165) is 95.7 Å². The van der Waals surface area contributed by atoms with Crippen LogP contribution in [0.15, 0.2) is 171 Å². The highest BCUT2D eigenvalue weighted by Crippen LogP contribution is 2.34. The van der Waals surface area contributed by atoms with E-state index < -0.39 is 0 Å². The van der Waals surface area contributed by atoms with Crippen molar-refractivity contribution in [2.24, 2.45) is 0 Å². The number of nitrogens with zero attached hydrogens (tertiary/aromatic N) is 14. The van der Waals surface area contributed by atoms with Crippen LogP contribution in [0, 0.1) is 0 Å². The minimum atomic E-state index is 0.377. The van der Waals surface area contributed by atoms with Gasteiger partial charge >= 0.3 is 0 Å². The second-order valence-electron chi connectivity index (χ2n) is 33.7. The molecule has 588 valence electrons. The van der Waals surface area contributed by atoms with Crippen molar-refractivity contribution in [3.05, 3.63) is 250 Å². The molecule has 14 nitrogen and oxygen atoms in total. The largest absolute Gasteiger partial charge is 0.249 e. The van der Waals surface area contributed by atoms with Gasteiger partial charge in [0.25, 0.3) is 0 Å². The van der Waals surface area contributed by atoms with Crippen molar-refractivity contribution in [3.8, 4) is 0 Å². The van der Waals surface area contributed by atoms with Gasteiger partial charge in [-0.25, -0.2) is 59.8 Å². The van der Waals surface area contributed by atoms with Crippen LogP contribution >= 0.6 is 0 Å². The van der Waals surface area contributed by atoms with E-state index in [1.165, 1.54) is 60.0 Å². The molecule has 0 radical (unpaired) electrons. The Morgan fingerprint density at radius 3 is 1.05 bits per heavy atom. The molecule has 0 amide bonds. The summed E-state index contributed by atoms with van der Waals surface area (Å²) in [5.74, 6) is 7.29. The molecule has 0 aliphatic heterocycles. The third-order valence-corrected chi connectivity index (χ3v) is 19.9. The predicted octanol–water partition coefficient (Wildman–Crippen LogP) is 27.1. The van der Waals surface area contributed by atoms with Gasteiger partial charge in [-0.1, -0.05) is 297 Å². The summed E-state index contributed by atoms with van der Waals surface area (Å²) in [7, 11) is 0. The van der Waals surface area contributed by atoms with Gasteiger partial charge in [0.05, 0.1) is 89.9 Å². The average Bonchev–Trinajstić information content (AvgIpc) is 0.796. The molecule has 0 spiro atoms. The Morgan fingerprint density at radius 1 is 0.196 bits per heavy atom. The van der Waals surface area contributed by atoms with Crippen molar-refractivity contribution in [2.75, 3.05) is 0 Å². The molecule has 0 unspecified atom stereocenters. The highest BCUT2D eigenvalue weighted by atomic mass is 15.1. The number of aromatic nitrogens is 14. The number of para-hydroxylation sites is 4. The maximum Gasteiger partial charge on any atom is 0.131 e. The van der Waals surface area contributed by atoms with Crippen LogP contribution in [0.2, 0.25) is 0 Å². The Morgan fingerprint density at radius 2 is 0.571 bits per heavy atom. The first-order valence-electron chi connectivity index (χ1n) is 40.9. The van der Waals surface area contributed by atoms with E-state index in [2.05, 4.69) is 363 Å². The van der Waals surface area contributed by atoms with Crippen molar-refractivity contribution >= 4 is 76.3 Å². The fourth-order valence-corrected chi connectivity index (χ4v) is 13.7. The summed E-state index contributed by atoms with van der Waals surface area (Å²) in [6, 6.07) is 50.5. The maximum absolute atomic E-state index is 4.73. The lowest BCUT2D eigenvalue weighted by Crippen LogP contribution is -2.05. The van der Waals surface area contributed by atoms with Crippen molar-refractivity contribution in [3.63, 3.8) is 0 Å². The highest BCUT2D eigenvalue weighted by molar-refractivity contribution is 5.89. The van der Waals surface area contributed by atoms with Crippen LogP contribution in [-0.4, -0.2) is 70.0 Å². The van der Waals surface area contributed by atoms with Crippen molar-refractivity contribution in [1.82, 2.24) is 70.0 Å². The molecule has 14 rings (SSSR count). The van der Waals surface area contributed by atoms with Crippen molar-refractivity contribution in [2.45, 2.75) is 277 Å². The van der Waals surface area contributed by atoms with Crippen LogP contribution in [0.3, 0.4) is 0 Å². The van der Waals surface area contributed by atoms with E-state index in [-0.39, 0.29) is 0 Å². The maximum atomic E-state index is 4.73. The van der Waals surface area contributed by atoms with E-state index >= 15 is 0 Å². The smallest absolute Gasteiger partial charge is 0.131 e. The zero-order chi connectivity index (χ0) is 81.9. The van der Waals surface area contributed by atoms with Crippen molar-refractivity contribution < 1.29 is 0 Å². The average molecular weight is 1500 g/mol. The lowest BCUT2D eigenvalue weighted by Gasteiger charge is -2.14. The van der Waals surface area contributed by atoms with E-state index in [1.807, 2.05) is 36.4 Å². The van der Waals surface area contributed by atoms with Gasteiger partial charge in [-0.15, -0.1) is 0 Å². The summed E-state index contributed by atoms with van der Waals surface area (Å²) >= 11 is 0. The minimum absolute atomic E-state index is 0.377. The van der Waals surface area contributed by atoms with Gasteiger partial charge in [0.2, 0.25) is 0 Å². The summed E-state index contributed by atoms with van der Waals surface area (Å²) in [6.45, 7) is 61.0. The highest BCUT2D eigenvalue weighted by Gasteiger charge is 2.20. The van der Waals surface area contributed by atoms with Gasteiger partial charge in [0, 0.05) is 43.6 Å². The summed E-state index contributed by atoms with van der Waals surface area (Å²) < 4.78 is 0. The van der Waals surface area contributed by atoms with Crippen molar-refractivity contribution in [1.29, 1.82) is 0 Å². The van der Waals surface area contributed by atoms with Crippen LogP contribution in [0.25, 0.3) is 76.3 Å². The Kier molecular flexibility index (Phi) is 31.6. The van der Waals surface area contributed by atoms with Crippen LogP contribution in [0.1, 0.15) is 356 Å². The monoisotopic (exact) mass is 1500 g/mol. The van der Waals surface area contributed by atoms with E-state index in [1.54, 1.807) is 25.3 Å². The molecule has 7 heterocycles. The molecule has 7 aromatic carbocycles. The third-order valence-electron chi connectivity index (χ3n) is 19.9. The Hall–Kier alpha value is -10.1. The van der Waals surface area contributed by atoms with E-state index in [9.17, 15) is 0 Å². The SMILES string of the molecule is CC(C)c1ccc2c(C(C)C)ncnc2c1.CC(C)c1ccc2ncnc(C(C)C)c2c1.CC(C)c1cccc2ncnc(C(C)C)c12.CC(C)c1nc(C(C)C)c2ccccc2n1.CC(C)c1nc2ccccc2nc1C(C)C.CC(C)c1ncnc2c(C(C)C)cccc12.CC(C)c1nnc(C(C)C)c2ccccc12. The normalized spacial score (nSPS) is 11.6. The first-order chi connectivity index (χ1) is 53.2. The fraction of sp³-hybridized carbons (Fsp3) is 0.429. The predicted molar refractivity (Wildman–Crippen MR) is 474 cm³/mol. The summed E-state index contributed by atoms with van der Waals surface area (Å²) in [4.78, 5) is 53.8. The Bertz CT molecular complexity index is 5080. The number of benzene rings is 7. The lowest BCUT2D eigenvalue weighted by atomic mass is 9.94. The summed E-state index contributed by atoms with van der Waals surface area (Å²) in [5.41, 5.74) is 22.9. The molecule has 0 aliphatic carbocycles. The van der Waals surface area contributed by atoms with Gasteiger partial charge in [0.1, 0.15) is 31.1 Å². The second-order valence-corrected chi connectivity index (χ2v) is 33.7. The number of hydrogen-bond donors (Lipinski definition) is 0. The Labute approximate surface area is 669 Å². The molecule has 0 saturated heterocycles. The molecule has 14 heteroatoms. The summed E-state index contributed by atoms with van der Waals surface area (Å²) in [5, 5.41) is 17.3. The molecule has 0 atom stereocenters. The second kappa shape index (κ2) is 40.4. The molecule has 112 heavy (non-hydrogen) atoms. The zero-order valence-corrected chi connectivity index (χ0v) is 72.5. The molecule has 14 aromatic rings. The van der Waals surface area contributed by atoms with Gasteiger partial charge < -0.3 is 0 Å². The Balaban J connectivity index is 0.000000164. The minimum Gasteiger partial charge on any atom is -0.249 e. The third kappa shape index (κ3) is 22.2. The van der Waals surface area contributed by atoms with E-state index in [4.69, 9.17) is 9.97 Å². The van der Waals surface area contributed by atoms with Crippen LogP contribution in [-0.2, 0) is 0 Å². The molecular formula is C98H126N14. The van der Waals surface area contributed by atoms with Gasteiger partial charge in [-0.2, -0.15) is 10.2 Å². The molecule has 0 N–H and O–H groups in total. The van der Waals surface area contributed by atoms with Gasteiger partial charge in [-0.3, -0.25) is 0 Å². The van der Waals surface area contributed by atoms with Crippen LogP contribution < -0.4 is 0 Å². The van der Waals surface area contributed by atoms with Gasteiger partial charge in [0.15, 0.2) is 0 Å². The first kappa shape index (κ1) is 87.5. The number of fused-ring (bicyclic) bond motifs is 7. The standard InChI is InChI=1S/7C14H18N2/c1-9(2)11-5-6-13-12(7-11)14(10(3)4)16-8-15-13;1-9(2)11-5-6-12-13(7-11)15-8-16-14(12)10(3)4;1-9(2)11-6-5-7-12-13(11)14(10(3)4)16-8-15-12;1-9(2)11-6-5-7-12-13(10(3)4)15-8-16-14(11)12;1-9(2)13-14(10(3)4)16-12-8-6-5-7-11(12)15-13;1-9(2)13-11-7-5-6-8-12(11)15-14(16-13)10(3)4;1-9(2)13-11-7-5-6-8-12(11)14(10(3)4)16-15-13/h7*5-10H,1-4H3. The van der Waals surface area contributed by atoms with Gasteiger partial charge in [-0.05, 0) is 142 Å². The van der Waals surface area contributed by atoms with Crippen LogP contribution in [0.5, 0.6) is 0 Å². The molecule has 0 aliphatic rings. The topological polar surface area (TPSA) is 180 Å². The quantitative estimate of drug-likeness (QED) is 0.100. The van der Waals surface area contributed by atoms with E-state index in [0.29, 0.717) is 82.9 Å². The molecule has 7 aromatic heterocycles. The summed E-state index contributed by atoms with van der Waals surface area (Å²) in [6.07, 6.45) is 6.68. The molecule has 0 bridgehead atoms. The number of hydrogen-bond acceptors (Lipinski definition) is 14. The molecular weight excluding hydrogens is 1370 g/mol. The number of rotatable bonds is 14.